The number of sulfonamides is 1. The van der Waals surface area contributed by atoms with Crippen LogP contribution >= 0.6 is 11.6 Å². The van der Waals surface area contributed by atoms with Crippen molar-refractivity contribution in [3.05, 3.63) is 29.3 Å². The Morgan fingerprint density at radius 3 is 2.70 bits per heavy atom. The number of rotatable bonds is 6. The van der Waals surface area contributed by atoms with E-state index in [2.05, 4.69) is 5.32 Å². The first-order chi connectivity index (χ1) is 10.9. The third-order valence-corrected chi connectivity index (χ3v) is 5.93. The van der Waals surface area contributed by atoms with Gasteiger partial charge in [0.2, 0.25) is 15.9 Å². The zero-order valence-corrected chi connectivity index (χ0v) is 14.6. The molecule has 128 valence electrons. The molecule has 0 atom stereocenters. The number of piperidine rings is 1. The van der Waals surface area contributed by atoms with Gasteiger partial charge in [-0.1, -0.05) is 17.7 Å². The first-order valence-electron chi connectivity index (χ1n) is 7.45. The molecule has 1 N–H and O–H groups in total. The van der Waals surface area contributed by atoms with E-state index >= 15 is 0 Å². The average molecular weight is 361 g/mol. The molecule has 1 amide bonds. The van der Waals surface area contributed by atoms with Gasteiger partial charge < -0.3 is 10.1 Å². The molecule has 1 fully saturated rings. The molecule has 2 rings (SSSR count). The number of methoxy groups -OCH3 is 1. The number of hydrogen-bond donors (Lipinski definition) is 1. The molecule has 0 spiro atoms. The van der Waals surface area contributed by atoms with Gasteiger partial charge in [-0.3, -0.25) is 4.79 Å². The molecular formula is C15H21ClN2O4S. The van der Waals surface area contributed by atoms with Gasteiger partial charge in [0.25, 0.3) is 0 Å². The molecule has 23 heavy (non-hydrogen) atoms. The molecule has 0 saturated carbocycles. The Hall–Kier alpha value is -1.15. The lowest BCUT2D eigenvalue weighted by atomic mass is 9.97. The summed E-state index contributed by atoms with van der Waals surface area (Å²) in [5.74, 6) is -0.313. The topological polar surface area (TPSA) is 75.7 Å². The van der Waals surface area contributed by atoms with Crippen molar-refractivity contribution < 1.29 is 17.9 Å². The SMILES string of the molecule is COCCS(=O)(=O)N1CCC(C(=O)Nc2cccc(Cl)c2)CC1. The minimum Gasteiger partial charge on any atom is -0.384 e. The van der Waals surface area contributed by atoms with Gasteiger partial charge >= 0.3 is 0 Å². The summed E-state index contributed by atoms with van der Waals surface area (Å²) in [5.41, 5.74) is 0.651. The number of nitrogens with one attached hydrogen (secondary N) is 1. The highest BCUT2D eigenvalue weighted by molar-refractivity contribution is 7.89. The monoisotopic (exact) mass is 360 g/mol. The summed E-state index contributed by atoms with van der Waals surface area (Å²) in [6.07, 6.45) is 1.03. The minimum atomic E-state index is -3.30. The van der Waals surface area contributed by atoms with Crippen LogP contribution < -0.4 is 5.32 Å². The van der Waals surface area contributed by atoms with E-state index in [1.807, 2.05) is 0 Å². The second-order valence-corrected chi connectivity index (χ2v) is 8.01. The zero-order valence-electron chi connectivity index (χ0n) is 13.0. The van der Waals surface area contributed by atoms with Crippen molar-refractivity contribution in [2.24, 2.45) is 5.92 Å². The highest BCUT2D eigenvalue weighted by Gasteiger charge is 2.30. The maximum Gasteiger partial charge on any atom is 0.227 e. The number of benzene rings is 1. The number of anilines is 1. The van der Waals surface area contributed by atoms with Gasteiger partial charge in [-0.25, -0.2) is 12.7 Å². The average Bonchev–Trinajstić information content (AvgIpc) is 2.53. The van der Waals surface area contributed by atoms with Crippen molar-refractivity contribution in [3.63, 3.8) is 0 Å². The fourth-order valence-electron chi connectivity index (χ4n) is 2.52. The van der Waals surface area contributed by atoms with Crippen molar-refractivity contribution >= 4 is 33.2 Å². The summed E-state index contributed by atoms with van der Waals surface area (Å²) in [6.45, 7) is 0.900. The van der Waals surface area contributed by atoms with Crippen LogP contribution in [0.15, 0.2) is 24.3 Å². The molecule has 8 heteroatoms. The summed E-state index contributed by atoms with van der Waals surface area (Å²) in [7, 11) is -1.83. The summed E-state index contributed by atoms with van der Waals surface area (Å²) in [5, 5.41) is 3.39. The van der Waals surface area contributed by atoms with E-state index in [0.29, 0.717) is 36.6 Å². The van der Waals surface area contributed by atoms with Crippen LogP contribution in [0.2, 0.25) is 5.02 Å². The Balaban J connectivity index is 1.87. The lowest BCUT2D eigenvalue weighted by Crippen LogP contribution is -2.42. The first-order valence-corrected chi connectivity index (χ1v) is 9.44. The van der Waals surface area contributed by atoms with Gasteiger partial charge in [0.1, 0.15) is 0 Å². The Morgan fingerprint density at radius 1 is 1.39 bits per heavy atom. The van der Waals surface area contributed by atoms with Crippen molar-refractivity contribution in [1.82, 2.24) is 4.31 Å². The number of hydrogen-bond acceptors (Lipinski definition) is 4. The van der Waals surface area contributed by atoms with Crippen LogP contribution in [0.5, 0.6) is 0 Å². The fourth-order valence-corrected chi connectivity index (χ4v) is 4.12. The molecular weight excluding hydrogens is 340 g/mol. The second kappa shape index (κ2) is 8.10. The smallest absolute Gasteiger partial charge is 0.227 e. The molecule has 0 aromatic heterocycles. The molecule has 1 saturated heterocycles. The molecule has 0 unspecified atom stereocenters. The van der Waals surface area contributed by atoms with E-state index < -0.39 is 10.0 Å². The standard InChI is InChI=1S/C15H21ClN2O4S/c1-22-9-10-23(20,21)18-7-5-12(6-8-18)15(19)17-14-4-2-3-13(16)11-14/h2-4,11-12H,5-10H2,1H3,(H,17,19). The molecule has 1 heterocycles. The second-order valence-electron chi connectivity index (χ2n) is 5.48. The Morgan fingerprint density at radius 2 is 2.09 bits per heavy atom. The van der Waals surface area contributed by atoms with E-state index in [4.69, 9.17) is 16.3 Å². The Kier molecular flexibility index (Phi) is 6.41. The summed E-state index contributed by atoms with van der Waals surface area (Å²) in [6, 6.07) is 6.96. The highest BCUT2D eigenvalue weighted by Crippen LogP contribution is 2.22. The van der Waals surface area contributed by atoms with Crippen LogP contribution in [0.3, 0.4) is 0 Å². The Bertz CT molecular complexity index is 643. The molecule has 1 aliphatic rings. The maximum absolute atomic E-state index is 12.3. The predicted octanol–water partition coefficient (Wildman–Crippen LogP) is 1.97. The van der Waals surface area contributed by atoms with Gasteiger partial charge in [0, 0.05) is 36.8 Å². The van der Waals surface area contributed by atoms with Crippen molar-refractivity contribution in [1.29, 1.82) is 0 Å². The first kappa shape index (κ1) is 18.2. The summed E-state index contributed by atoms with van der Waals surface area (Å²) < 4.78 is 30.4. The fraction of sp³-hybridized carbons (Fsp3) is 0.533. The number of nitrogens with zero attached hydrogens (tertiary/aromatic N) is 1. The number of carbonyl (C=O) groups is 1. The van der Waals surface area contributed by atoms with Gasteiger partial charge in [-0.05, 0) is 31.0 Å². The van der Waals surface area contributed by atoms with Gasteiger partial charge in [0.05, 0.1) is 12.4 Å². The normalized spacial score (nSPS) is 17.1. The van der Waals surface area contributed by atoms with Crippen LogP contribution in [0.4, 0.5) is 5.69 Å². The minimum absolute atomic E-state index is 0.0249. The summed E-state index contributed by atoms with van der Waals surface area (Å²) >= 11 is 5.89. The van der Waals surface area contributed by atoms with E-state index in [-0.39, 0.29) is 24.2 Å². The van der Waals surface area contributed by atoms with Crippen LogP contribution in [-0.4, -0.2) is 51.2 Å². The highest BCUT2D eigenvalue weighted by atomic mass is 35.5. The predicted molar refractivity (Wildman–Crippen MR) is 90.0 cm³/mol. The maximum atomic E-state index is 12.3. The van der Waals surface area contributed by atoms with Crippen LogP contribution in [0.25, 0.3) is 0 Å². The molecule has 0 radical (unpaired) electrons. The number of amides is 1. The zero-order chi connectivity index (χ0) is 16.9. The van der Waals surface area contributed by atoms with Crippen molar-refractivity contribution in [2.45, 2.75) is 12.8 Å². The molecule has 1 aromatic rings. The van der Waals surface area contributed by atoms with E-state index in [1.54, 1.807) is 24.3 Å². The van der Waals surface area contributed by atoms with E-state index in [0.717, 1.165) is 0 Å². The van der Waals surface area contributed by atoms with Crippen LogP contribution in [-0.2, 0) is 19.6 Å². The molecule has 0 bridgehead atoms. The largest absolute Gasteiger partial charge is 0.384 e. The molecule has 1 aliphatic heterocycles. The lowest BCUT2D eigenvalue weighted by Gasteiger charge is -2.30. The third-order valence-electron chi connectivity index (χ3n) is 3.86. The van der Waals surface area contributed by atoms with Crippen LogP contribution in [0.1, 0.15) is 12.8 Å². The van der Waals surface area contributed by atoms with Crippen molar-refractivity contribution in [2.75, 3.05) is 37.9 Å². The van der Waals surface area contributed by atoms with Gasteiger partial charge in [-0.15, -0.1) is 0 Å². The summed E-state index contributed by atoms with van der Waals surface area (Å²) in [4.78, 5) is 12.3. The quantitative estimate of drug-likeness (QED) is 0.841. The number of ether oxygens (including phenoxy) is 1. The van der Waals surface area contributed by atoms with Gasteiger partial charge in [-0.2, -0.15) is 0 Å². The molecule has 1 aromatic carbocycles. The lowest BCUT2D eigenvalue weighted by molar-refractivity contribution is -0.120. The van der Waals surface area contributed by atoms with Crippen molar-refractivity contribution in [3.8, 4) is 0 Å². The number of carbonyl (C=O) groups excluding carboxylic acids is 1. The third kappa shape index (κ3) is 5.17. The Labute approximate surface area is 141 Å². The van der Waals surface area contributed by atoms with E-state index in [1.165, 1.54) is 11.4 Å². The van der Waals surface area contributed by atoms with Crippen LogP contribution in [0, 0.1) is 5.92 Å². The molecule has 6 nitrogen and oxygen atoms in total. The van der Waals surface area contributed by atoms with E-state index in [9.17, 15) is 13.2 Å². The molecule has 0 aliphatic carbocycles. The number of halogens is 1. The van der Waals surface area contributed by atoms with Gasteiger partial charge in [0.15, 0.2) is 0 Å².